The van der Waals surface area contributed by atoms with Crippen LogP contribution in [0.15, 0.2) is 59.3 Å². The second-order valence-electron chi connectivity index (χ2n) is 6.92. The molecule has 0 radical (unpaired) electrons. The molecule has 144 valence electrons. The fourth-order valence-corrected chi connectivity index (χ4v) is 5.57. The highest BCUT2D eigenvalue weighted by atomic mass is 32.1. The van der Waals surface area contributed by atoms with E-state index >= 15 is 0 Å². The Morgan fingerprint density at radius 1 is 1.11 bits per heavy atom. The number of hydrogen-bond donors (Lipinski definition) is 1. The van der Waals surface area contributed by atoms with E-state index in [1.165, 1.54) is 22.2 Å². The van der Waals surface area contributed by atoms with Gasteiger partial charge in [0.2, 0.25) is 11.8 Å². The van der Waals surface area contributed by atoms with Crippen molar-refractivity contribution in [2.24, 2.45) is 0 Å². The summed E-state index contributed by atoms with van der Waals surface area (Å²) >= 11 is 3.45. The van der Waals surface area contributed by atoms with E-state index in [2.05, 4.69) is 28.2 Å². The number of nitrogens with zero attached hydrogens (tertiary/aromatic N) is 1. The topological polar surface area (TPSA) is 49.4 Å². The molecule has 0 unspecified atom stereocenters. The molecular weight excluding hydrogens is 388 g/mol. The summed E-state index contributed by atoms with van der Waals surface area (Å²) in [6.07, 6.45) is 1.14. The predicted molar refractivity (Wildman–Crippen MR) is 114 cm³/mol. The lowest BCUT2D eigenvalue weighted by molar-refractivity contribution is -0.134. The van der Waals surface area contributed by atoms with Gasteiger partial charge in [-0.1, -0.05) is 36.4 Å². The van der Waals surface area contributed by atoms with Gasteiger partial charge in [-0.05, 0) is 40.4 Å². The summed E-state index contributed by atoms with van der Waals surface area (Å²) in [5, 5.41) is 7.12. The molecule has 1 aliphatic rings. The smallest absolute Gasteiger partial charge is 0.225 e. The van der Waals surface area contributed by atoms with E-state index in [-0.39, 0.29) is 30.3 Å². The average molecular weight is 411 g/mol. The second-order valence-corrected chi connectivity index (χ2v) is 8.90. The van der Waals surface area contributed by atoms with Gasteiger partial charge in [0, 0.05) is 23.2 Å². The molecule has 0 bridgehead atoms. The normalized spacial score (nSPS) is 17.0. The number of carbonyl (C=O) groups excluding carboxylic acids is 2. The van der Waals surface area contributed by atoms with Gasteiger partial charge in [0.25, 0.3) is 0 Å². The minimum Gasteiger partial charge on any atom is -0.349 e. The highest BCUT2D eigenvalue weighted by Gasteiger charge is 2.34. The van der Waals surface area contributed by atoms with E-state index < -0.39 is 0 Å². The number of nitrogens with one attached hydrogen (secondary N) is 1. The van der Waals surface area contributed by atoms with Crippen LogP contribution in [-0.4, -0.2) is 23.3 Å². The SMILES string of the molecule is CC(=O)N[C@H](CC(=O)N1CCc2sccc2[C@@H]1c1cccs1)c1ccccc1. The molecule has 0 saturated carbocycles. The Bertz CT molecular complexity index is 950. The molecule has 28 heavy (non-hydrogen) atoms. The van der Waals surface area contributed by atoms with Crippen LogP contribution in [0.4, 0.5) is 0 Å². The highest BCUT2D eigenvalue weighted by molar-refractivity contribution is 7.10. The van der Waals surface area contributed by atoms with Crippen LogP contribution in [0.25, 0.3) is 0 Å². The third kappa shape index (κ3) is 3.88. The molecule has 4 nitrogen and oxygen atoms in total. The fraction of sp³-hybridized carbons (Fsp3) is 0.273. The van der Waals surface area contributed by atoms with E-state index in [1.54, 1.807) is 22.7 Å². The van der Waals surface area contributed by atoms with Crippen LogP contribution in [0.3, 0.4) is 0 Å². The summed E-state index contributed by atoms with van der Waals surface area (Å²) in [6.45, 7) is 2.20. The van der Waals surface area contributed by atoms with Crippen molar-refractivity contribution in [3.8, 4) is 0 Å². The van der Waals surface area contributed by atoms with Crippen LogP contribution in [-0.2, 0) is 16.0 Å². The molecule has 3 heterocycles. The molecule has 2 amide bonds. The van der Waals surface area contributed by atoms with Crippen molar-refractivity contribution in [1.82, 2.24) is 10.2 Å². The summed E-state index contributed by atoms with van der Waals surface area (Å²) in [5.41, 5.74) is 2.19. The summed E-state index contributed by atoms with van der Waals surface area (Å²) in [7, 11) is 0. The Labute approximate surface area is 172 Å². The van der Waals surface area contributed by atoms with Gasteiger partial charge in [0.05, 0.1) is 18.5 Å². The van der Waals surface area contributed by atoms with Crippen molar-refractivity contribution in [3.63, 3.8) is 0 Å². The maximum absolute atomic E-state index is 13.4. The number of fused-ring (bicyclic) bond motifs is 1. The van der Waals surface area contributed by atoms with Gasteiger partial charge in [-0.2, -0.15) is 0 Å². The lowest BCUT2D eigenvalue weighted by atomic mass is 9.96. The first-order valence-electron chi connectivity index (χ1n) is 9.34. The maximum atomic E-state index is 13.4. The van der Waals surface area contributed by atoms with Gasteiger partial charge in [-0.25, -0.2) is 0 Å². The first kappa shape index (κ1) is 18.9. The standard InChI is InChI=1S/C22H22N2O2S2/c1-15(25)23-18(16-6-3-2-4-7-16)14-21(26)24-11-9-19-17(10-13-28-19)22(24)20-8-5-12-27-20/h2-8,10,12-13,18,22H,9,11,14H2,1H3,(H,23,25)/t18-,22-/m1/s1. The van der Waals surface area contributed by atoms with E-state index in [4.69, 9.17) is 0 Å². The molecule has 0 saturated heterocycles. The van der Waals surface area contributed by atoms with Gasteiger partial charge in [-0.3, -0.25) is 9.59 Å². The molecule has 1 aromatic carbocycles. The van der Waals surface area contributed by atoms with Crippen molar-refractivity contribution in [2.75, 3.05) is 6.54 Å². The Morgan fingerprint density at radius 2 is 1.93 bits per heavy atom. The van der Waals surface area contributed by atoms with Gasteiger partial charge < -0.3 is 10.2 Å². The molecule has 1 aliphatic heterocycles. The lowest BCUT2D eigenvalue weighted by Crippen LogP contribution is -2.41. The number of amides is 2. The zero-order valence-electron chi connectivity index (χ0n) is 15.6. The van der Waals surface area contributed by atoms with Crippen LogP contribution < -0.4 is 5.32 Å². The zero-order valence-corrected chi connectivity index (χ0v) is 17.3. The molecular formula is C22H22N2O2S2. The average Bonchev–Trinajstić information content (AvgIpc) is 3.38. The number of carbonyl (C=O) groups is 2. The van der Waals surface area contributed by atoms with Crippen LogP contribution in [0.1, 0.15) is 46.3 Å². The molecule has 3 aromatic rings. The molecule has 4 rings (SSSR count). The summed E-state index contributed by atoms with van der Waals surface area (Å²) in [4.78, 5) is 29.6. The van der Waals surface area contributed by atoms with E-state index in [9.17, 15) is 9.59 Å². The minimum absolute atomic E-state index is 0.0312. The lowest BCUT2D eigenvalue weighted by Gasteiger charge is -2.36. The predicted octanol–water partition coefficient (Wildman–Crippen LogP) is 4.55. The van der Waals surface area contributed by atoms with Crippen LogP contribution >= 0.6 is 22.7 Å². The molecule has 2 aromatic heterocycles. The number of rotatable bonds is 5. The molecule has 0 spiro atoms. The minimum atomic E-state index is -0.320. The van der Waals surface area contributed by atoms with Crippen molar-refractivity contribution in [1.29, 1.82) is 0 Å². The number of benzene rings is 1. The van der Waals surface area contributed by atoms with Crippen LogP contribution in [0.5, 0.6) is 0 Å². The summed E-state index contributed by atoms with van der Waals surface area (Å²) in [5.74, 6) is -0.0620. The molecule has 0 aliphatic carbocycles. The maximum Gasteiger partial charge on any atom is 0.225 e. The van der Waals surface area contributed by atoms with E-state index in [1.807, 2.05) is 41.3 Å². The van der Waals surface area contributed by atoms with Crippen molar-refractivity contribution < 1.29 is 9.59 Å². The van der Waals surface area contributed by atoms with Crippen molar-refractivity contribution in [3.05, 3.63) is 80.2 Å². The Morgan fingerprint density at radius 3 is 2.64 bits per heavy atom. The molecule has 1 N–H and O–H groups in total. The van der Waals surface area contributed by atoms with E-state index in [0.717, 1.165) is 12.0 Å². The van der Waals surface area contributed by atoms with Gasteiger partial charge in [0.1, 0.15) is 0 Å². The Balaban J connectivity index is 1.61. The third-order valence-electron chi connectivity index (χ3n) is 5.06. The first-order chi connectivity index (χ1) is 13.6. The van der Waals surface area contributed by atoms with Crippen LogP contribution in [0.2, 0.25) is 0 Å². The second kappa shape index (κ2) is 8.29. The first-order valence-corrected chi connectivity index (χ1v) is 11.1. The fourth-order valence-electron chi connectivity index (χ4n) is 3.81. The van der Waals surface area contributed by atoms with Crippen LogP contribution in [0, 0.1) is 0 Å². The molecule has 6 heteroatoms. The number of hydrogen-bond acceptors (Lipinski definition) is 4. The van der Waals surface area contributed by atoms with Crippen molar-refractivity contribution in [2.45, 2.75) is 31.8 Å². The molecule has 0 fully saturated rings. The summed E-state index contributed by atoms with van der Waals surface area (Å²) < 4.78 is 0. The van der Waals surface area contributed by atoms with E-state index in [0.29, 0.717) is 6.54 Å². The highest BCUT2D eigenvalue weighted by Crippen LogP contribution is 2.40. The molecule has 2 atom stereocenters. The van der Waals surface area contributed by atoms with Crippen molar-refractivity contribution >= 4 is 34.5 Å². The Kier molecular flexibility index (Phi) is 5.59. The third-order valence-corrected chi connectivity index (χ3v) is 6.98. The van der Waals surface area contributed by atoms with Gasteiger partial charge in [0.15, 0.2) is 0 Å². The Hall–Kier alpha value is -2.44. The largest absolute Gasteiger partial charge is 0.349 e. The van der Waals surface area contributed by atoms with Gasteiger partial charge in [-0.15, -0.1) is 22.7 Å². The quantitative estimate of drug-likeness (QED) is 0.671. The van der Waals surface area contributed by atoms with Gasteiger partial charge >= 0.3 is 0 Å². The summed E-state index contributed by atoms with van der Waals surface area (Å²) in [6, 6.07) is 15.6. The monoisotopic (exact) mass is 410 g/mol. The number of thiophene rings is 2. The zero-order chi connectivity index (χ0) is 19.5.